The molecule has 0 aromatic heterocycles. The van der Waals surface area contributed by atoms with Crippen molar-refractivity contribution < 1.29 is 5.11 Å². The quantitative estimate of drug-likeness (QED) is 0.823. The SMILES string of the molecule is CC(C)C1CCC(C)C(c2cccc3ccccc23)C1O. The minimum Gasteiger partial charge on any atom is -0.392 e. The average molecular weight is 282 g/mol. The third kappa shape index (κ3) is 2.60. The van der Waals surface area contributed by atoms with Crippen molar-refractivity contribution in [2.45, 2.75) is 45.6 Å². The van der Waals surface area contributed by atoms with Crippen LogP contribution in [0, 0.1) is 17.8 Å². The smallest absolute Gasteiger partial charge is 0.0642 e. The maximum Gasteiger partial charge on any atom is 0.0642 e. The molecule has 2 aromatic carbocycles. The fraction of sp³-hybridized carbons (Fsp3) is 0.500. The molecule has 0 aliphatic heterocycles. The van der Waals surface area contributed by atoms with Crippen LogP contribution in [0.25, 0.3) is 10.8 Å². The fourth-order valence-corrected chi connectivity index (χ4v) is 4.17. The molecule has 0 radical (unpaired) electrons. The molecule has 0 saturated heterocycles. The van der Waals surface area contributed by atoms with Crippen LogP contribution in [0.4, 0.5) is 0 Å². The molecular weight excluding hydrogens is 256 g/mol. The molecule has 2 aromatic rings. The highest BCUT2D eigenvalue weighted by Gasteiger charge is 2.38. The van der Waals surface area contributed by atoms with Crippen molar-refractivity contribution in [2.75, 3.05) is 0 Å². The number of hydrogen-bond donors (Lipinski definition) is 1. The van der Waals surface area contributed by atoms with E-state index in [-0.39, 0.29) is 12.0 Å². The molecule has 1 nitrogen and oxygen atoms in total. The van der Waals surface area contributed by atoms with Gasteiger partial charge in [-0.3, -0.25) is 0 Å². The number of hydrogen-bond acceptors (Lipinski definition) is 1. The molecule has 4 unspecified atom stereocenters. The Kier molecular flexibility index (Phi) is 4.03. The van der Waals surface area contributed by atoms with E-state index >= 15 is 0 Å². The van der Waals surface area contributed by atoms with E-state index in [2.05, 4.69) is 63.2 Å². The van der Waals surface area contributed by atoms with E-state index in [1.54, 1.807) is 0 Å². The Labute approximate surface area is 128 Å². The largest absolute Gasteiger partial charge is 0.392 e. The van der Waals surface area contributed by atoms with Gasteiger partial charge >= 0.3 is 0 Å². The average Bonchev–Trinajstić information content (AvgIpc) is 2.47. The minimum atomic E-state index is -0.223. The van der Waals surface area contributed by atoms with Crippen molar-refractivity contribution in [1.29, 1.82) is 0 Å². The second kappa shape index (κ2) is 5.81. The molecule has 4 atom stereocenters. The van der Waals surface area contributed by atoms with Crippen molar-refractivity contribution >= 4 is 10.8 Å². The lowest BCUT2D eigenvalue weighted by Crippen LogP contribution is -2.39. The molecule has 0 spiro atoms. The summed E-state index contributed by atoms with van der Waals surface area (Å²) >= 11 is 0. The summed E-state index contributed by atoms with van der Waals surface area (Å²) in [5, 5.41) is 13.6. The fourth-order valence-electron chi connectivity index (χ4n) is 4.17. The van der Waals surface area contributed by atoms with Crippen LogP contribution in [0.15, 0.2) is 42.5 Å². The van der Waals surface area contributed by atoms with Crippen LogP contribution in [0.1, 0.15) is 45.1 Å². The van der Waals surface area contributed by atoms with Crippen LogP contribution in [-0.2, 0) is 0 Å². The maximum absolute atomic E-state index is 11.0. The molecule has 1 aliphatic rings. The molecule has 0 amide bonds. The molecule has 0 bridgehead atoms. The Balaban J connectivity index is 2.07. The third-order valence-electron chi connectivity index (χ3n) is 5.41. The van der Waals surface area contributed by atoms with E-state index in [4.69, 9.17) is 0 Å². The molecule has 21 heavy (non-hydrogen) atoms. The van der Waals surface area contributed by atoms with Crippen LogP contribution in [0.2, 0.25) is 0 Å². The van der Waals surface area contributed by atoms with Crippen LogP contribution in [-0.4, -0.2) is 11.2 Å². The predicted molar refractivity (Wildman–Crippen MR) is 89.4 cm³/mol. The van der Waals surface area contributed by atoms with Crippen molar-refractivity contribution in [2.24, 2.45) is 17.8 Å². The van der Waals surface area contributed by atoms with Gasteiger partial charge in [0.05, 0.1) is 6.10 Å². The molecule has 112 valence electrons. The summed E-state index contributed by atoms with van der Waals surface area (Å²) < 4.78 is 0. The summed E-state index contributed by atoms with van der Waals surface area (Å²) in [5.41, 5.74) is 1.33. The van der Waals surface area contributed by atoms with Crippen LogP contribution >= 0.6 is 0 Å². The van der Waals surface area contributed by atoms with Gasteiger partial charge in [-0.15, -0.1) is 0 Å². The summed E-state index contributed by atoms with van der Waals surface area (Å²) in [7, 11) is 0. The first-order valence-corrected chi connectivity index (χ1v) is 8.25. The first kappa shape index (κ1) is 14.6. The molecule has 1 aliphatic carbocycles. The molecule has 3 rings (SSSR count). The van der Waals surface area contributed by atoms with E-state index < -0.39 is 0 Å². The molecule has 0 heterocycles. The minimum absolute atomic E-state index is 0.223. The predicted octanol–water partition coefficient (Wildman–Crippen LogP) is 4.99. The zero-order chi connectivity index (χ0) is 15.0. The number of aliphatic hydroxyl groups is 1. The van der Waals surface area contributed by atoms with Gasteiger partial charge in [0, 0.05) is 5.92 Å². The first-order valence-electron chi connectivity index (χ1n) is 8.25. The Hall–Kier alpha value is -1.34. The monoisotopic (exact) mass is 282 g/mol. The van der Waals surface area contributed by atoms with Crippen LogP contribution in [0.3, 0.4) is 0 Å². The van der Waals surface area contributed by atoms with E-state index in [1.807, 2.05) is 0 Å². The summed E-state index contributed by atoms with van der Waals surface area (Å²) in [6, 6.07) is 15.1. The van der Waals surface area contributed by atoms with E-state index in [0.29, 0.717) is 17.8 Å². The molecule has 1 heteroatoms. The van der Waals surface area contributed by atoms with Gasteiger partial charge < -0.3 is 5.11 Å². The second-order valence-electron chi connectivity index (χ2n) is 7.05. The van der Waals surface area contributed by atoms with E-state index in [0.717, 1.165) is 6.42 Å². The van der Waals surface area contributed by atoms with Gasteiger partial charge in [0.2, 0.25) is 0 Å². The maximum atomic E-state index is 11.0. The van der Waals surface area contributed by atoms with Gasteiger partial charge in [-0.25, -0.2) is 0 Å². The number of benzene rings is 2. The van der Waals surface area contributed by atoms with Gasteiger partial charge in [-0.2, -0.15) is 0 Å². The Morgan fingerprint density at radius 1 is 1.00 bits per heavy atom. The highest BCUT2D eigenvalue weighted by atomic mass is 16.3. The molecule has 1 saturated carbocycles. The van der Waals surface area contributed by atoms with E-state index in [9.17, 15) is 5.11 Å². The summed E-state index contributed by atoms with van der Waals surface area (Å²) in [6.45, 7) is 6.78. The van der Waals surface area contributed by atoms with Gasteiger partial charge in [-0.1, -0.05) is 63.2 Å². The lowest BCUT2D eigenvalue weighted by Gasteiger charge is -2.41. The molecular formula is C20H26O. The van der Waals surface area contributed by atoms with Crippen molar-refractivity contribution in [3.63, 3.8) is 0 Å². The van der Waals surface area contributed by atoms with Crippen molar-refractivity contribution in [3.05, 3.63) is 48.0 Å². The number of fused-ring (bicyclic) bond motifs is 1. The highest BCUT2D eigenvalue weighted by Crippen LogP contribution is 2.44. The van der Waals surface area contributed by atoms with E-state index in [1.165, 1.54) is 22.8 Å². The van der Waals surface area contributed by atoms with Gasteiger partial charge in [-0.05, 0) is 46.9 Å². The topological polar surface area (TPSA) is 20.2 Å². The summed E-state index contributed by atoms with van der Waals surface area (Å²) in [4.78, 5) is 0. The zero-order valence-corrected chi connectivity index (χ0v) is 13.3. The van der Waals surface area contributed by atoms with Gasteiger partial charge in [0.1, 0.15) is 0 Å². The number of rotatable bonds is 2. The summed E-state index contributed by atoms with van der Waals surface area (Å²) in [5.74, 6) is 1.77. The second-order valence-corrected chi connectivity index (χ2v) is 7.05. The first-order chi connectivity index (χ1) is 10.1. The third-order valence-corrected chi connectivity index (χ3v) is 5.41. The standard InChI is InChI=1S/C20H26O/c1-13(2)16-12-11-14(3)19(20(16)21)18-10-6-8-15-7-4-5-9-17(15)18/h4-10,13-14,16,19-21H,11-12H2,1-3H3. The van der Waals surface area contributed by atoms with Crippen LogP contribution in [0.5, 0.6) is 0 Å². The van der Waals surface area contributed by atoms with Gasteiger partial charge in [0.15, 0.2) is 0 Å². The van der Waals surface area contributed by atoms with Gasteiger partial charge in [0.25, 0.3) is 0 Å². The highest BCUT2D eigenvalue weighted by molar-refractivity contribution is 5.86. The van der Waals surface area contributed by atoms with Crippen molar-refractivity contribution in [1.82, 2.24) is 0 Å². The molecule has 1 fully saturated rings. The Morgan fingerprint density at radius 2 is 1.71 bits per heavy atom. The zero-order valence-electron chi connectivity index (χ0n) is 13.3. The lowest BCUT2D eigenvalue weighted by atomic mass is 9.66. The normalized spacial score (nSPS) is 30.0. The lowest BCUT2D eigenvalue weighted by molar-refractivity contribution is 0.00540. The molecule has 1 N–H and O–H groups in total. The summed E-state index contributed by atoms with van der Waals surface area (Å²) in [6.07, 6.45) is 2.15. The Bertz CT molecular complexity index is 611. The van der Waals surface area contributed by atoms with Crippen LogP contribution < -0.4 is 0 Å². The number of aliphatic hydroxyl groups excluding tert-OH is 1. The Morgan fingerprint density at radius 3 is 2.48 bits per heavy atom. The van der Waals surface area contributed by atoms with Crippen molar-refractivity contribution in [3.8, 4) is 0 Å².